The Kier molecular flexibility index (Phi) is 1.73. The van der Waals surface area contributed by atoms with Crippen LogP contribution in [0.2, 0.25) is 0 Å². The van der Waals surface area contributed by atoms with Crippen LogP contribution in [-0.4, -0.2) is 9.38 Å². The van der Waals surface area contributed by atoms with E-state index >= 15 is 0 Å². The van der Waals surface area contributed by atoms with E-state index in [0.29, 0.717) is 11.5 Å². The van der Waals surface area contributed by atoms with Gasteiger partial charge in [-0.25, -0.2) is 9.37 Å². The Morgan fingerprint density at radius 2 is 2.33 bits per heavy atom. The van der Waals surface area contributed by atoms with Gasteiger partial charge in [-0.05, 0) is 12.1 Å². The normalized spacial score (nSPS) is 10.8. The molecule has 0 aliphatic heterocycles. The summed E-state index contributed by atoms with van der Waals surface area (Å²) < 4.78 is 14.4. The molecule has 4 heteroatoms. The molecule has 0 saturated heterocycles. The van der Waals surface area contributed by atoms with E-state index in [-0.39, 0.29) is 5.82 Å². The number of rotatable bonds is 1. The Hall–Kier alpha value is -1.09. The summed E-state index contributed by atoms with van der Waals surface area (Å²) in [7, 11) is 0. The van der Waals surface area contributed by atoms with Crippen molar-refractivity contribution in [3.05, 3.63) is 36.0 Å². The third-order valence-electron chi connectivity index (χ3n) is 1.68. The molecule has 12 heavy (non-hydrogen) atoms. The van der Waals surface area contributed by atoms with Crippen LogP contribution in [0.5, 0.6) is 0 Å². The van der Waals surface area contributed by atoms with Gasteiger partial charge < -0.3 is 0 Å². The van der Waals surface area contributed by atoms with E-state index in [0.717, 1.165) is 5.69 Å². The van der Waals surface area contributed by atoms with E-state index in [1.165, 1.54) is 12.3 Å². The molecular weight excluding hydrogens is 179 g/mol. The maximum atomic E-state index is 12.7. The fourth-order valence-corrected chi connectivity index (χ4v) is 1.30. The van der Waals surface area contributed by atoms with E-state index in [1.54, 1.807) is 16.7 Å². The molecule has 2 rings (SSSR count). The topological polar surface area (TPSA) is 17.3 Å². The molecule has 2 aromatic heterocycles. The van der Waals surface area contributed by atoms with Crippen molar-refractivity contribution in [1.82, 2.24) is 9.38 Å². The molecular formula is C8H6ClFN2. The second-order valence-electron chi connectivity index (χ2n) is 2.46. The Morgan fingerprint density at radius 1 is 1.50 bits per heavy atom. The first-order valence-electron chi connectivity index (χ1n) is 3.49. The van der Waals surface area contributed by atoms with E-state index in [4.69, 9.17) is 11.6 Å². The van der Waals surface area contributed by atoms with Crippen molar-refractivity contribution in [2.45, 2.75) is 5.88 Å². The number of halogens is 2. The van der Waals surface area contributed by atoms with Crippen LogP contribution in [-0.2, 0) is 5.88 Å². The first-order valence-corrected chi connectivity index (χ1v) is 4.02. The number of hydrogen-bond acceptors (Lipinski definition) is 1. The third-order valence-corrected chi connectivity index (χ3v) is 1.96. The SMILES string of the molecule is Fc1ccc2ncc(CCl)n2c1. The number of hydrogen-bond donors (Lipinski definition) is 0. The number of nitrogens with zero attached hydrogens (tertiary/aromatic N) is 2. The molecule has 2 nitrogen and oxygen atoms in total. The molecule has 0 radical (unpaired) electrons. The molecule has 0 spiro atoms. The van der Waals surface area contributed by atoms with Gasteiger partial charge in [0.15, 0.2) is 0 Å². The minimum Gasteiger partial charge on any atom is -0.300 e. The Balaban J connectivity index is 2.75. The zero-order valence-electron chi connectivity index (χ0n) is 6.17. The molecule has 0 bridgehead atoms. The molecule has 0 amide bonds. The van der Waals surface area contributed by atoms with Gasteiger partial charge in [-0.15, -0.1) is 11.6 Å². The Labute approximate surface area is 73.6 Å². The highest BCUT2D eigenvalue weighted by molar-refractivity contribution is 6.16. The van der Waals surface area contributed by atoms with Crippen molar-refractivity contribution >= 4 is 17.2 Å². The highest BCUT2D eigenvalue weighted by atomic mass is 35.5. The van der Waals surface area contributed by atoms with Gasteiger partial charge in [0.05, 0.1) is 17.8 Å². The molecule has 0 atom stereocenters. The van der Waals surface area contributed by atoms with Crippen molar-refractivity contribution in [1.29, 1.82) is 0 Å². The predicted octanol–water partition coefficient (Wildman–Crippen LogP) is 2.21. The highest BCUT2D eigenvalue weighted by Crippen LogP contribution is 2.09. The zero-order chi connectivity index (χ0) is 8.55. The maximum Gasteiger partial charge on any atom is 0.139 e. The van der Waals surface area contributed by atoms with Gasteiger partial charge >= 0.3 is 0 Å². The average molecular weight is 185 g/mol. The zero-order valence-corrected chi connectivity index (χ0v) is 6.92. The molecule has 0 aromatic carbocycles. The van der Waals surface area contributed by atoms with E-state index in [9.17, 15) is 4.39 Å². The summed E-state index contributed by atoms with van der Waals surface area (Å²) >= 11 is 5.62. The van der Waals surface area contributed by atoms with Gasteiger partial charge in [0, 0.05) is 6.20 Å². The summed E-state index contributed by atoms with van der Waals surface area (Å²) in [6.07, 6.45) is 3.02. The summed E-state index contributed by atoms with van der Waals surface area (Å²) in [5.41, 5.74) is 1.51. The fourth-order valence-electron chi connectivity index (χ4n) is 1.10. The standard InChI is InChI=1S/C8H6ClFN2/c9-3-7-4-11-8-2-1-6(10)5-12(7)8/h1-2,4-5H,3H2. The third kappa shape index (κ3) is 1.06. The predicted molar refractivity (Wildman–Crippen MR) is 44.7 cm³/mol. The second kappa shape index (κ2) is 2.75. The lowest BCUT2D eigenvalue weighted by Gasteiger charge is -1.96. The van der Waals surface area contributed by atoms with E-state index < -0.39 is 0 Å². The van der Waals surface area contributed by atoms with Gasteiger partial charge in [-0.3, -0.25) is 4.40 Å². The van der Waals surface area contributed by atoms with Crippen LogP contribution in [0.1, 0.15) is 5.69 Å². The summed E-state index contributed by atoms with van der Waals surface area (Å²) in [6.45, 7) is 0. The van der Waals surface area contributed by atoms with Crippen molar-refractivity contribution < 1.29 is 4.39 Å². The highest BCUT2D eigenvalue weighted by Gasteiger charge is 2.01. The number of aromatic nitrogens is 2. The number of alkyl halides is 1. The van der Waals surface area contributed by atoms with Gasteiger partial charge in [-0.1, -0.05) is 0 Å². The molecule has 0 aliphatic rings. The summed E-state index contributed by atoms with van der Waals surface area (Å²) in [4.78, 5) is 4.04. The van der Waals surface area contributed by atoms with Crippen LogP contribution in [0.25, 0.3) is 5.65 Å². The molecule has 0 unspecified atom stereocenters. The van der Waals surface area contributed by atoms with Crippen LogP contribution in [0.15, 0.2) is 24.5 Å². The van der Waals surface area contributed by atoms with E-state index in [1.807, 2.05) is 0 Å². The van der Waals surface area contributed by atoms with Gasteiger partial charge in [0.25, 0.3) is 0 Å². The monoisotopic (exact) mass is 184 g/mol. The minimum absolute atomic E-state index is 0.285. The molecule has 0 fully saturated rings. The first kappa shape index (κ1) is 7.55. The van der Waals surface area contributed by atoms with Crippen molar-refractivity contribution in [2.24, 2.45) is 0 Å². The second-order valence-corrected chi connectivity index (χ2v) is 2.73. The first-order chi connectivity index (χ1) is 5.81. The molecule has 0 saturated carbocycles. The Bertz CT molecular complexity index is 410. The largest absolute Gasteiger partial charge is 0.300 e. The van der Waals surface area contributed by atoms with Gasteiger partial charge in [-0.2, -0.15) is 0 Å². The summed E-state index contributed by atoms with van der Waals surface area (Å²) in [6, 6.07) is 2.99. The molecule has 2 aromatic rings. The lowest BCUT2D eigenvalue weighted by molar-refractivity contribution is 0.618. The van der Waals surface area contributed by atoms with Crippen LogP contribution in [0.3, 0.4) is 0 Å². The van der Waals surface area contributed by atoms with Crippen LogP contribution in [0.4, 0.5) is 4.39 Å². The van der Waals surface area contributed by atoms with Crippen LogP contribution >= 0.6 is 11.6 Å². The van der Waals surface area contributed by atoms with E-state index in [2.05, 4.69) is 4.98 Å². The summed E-state index contributed by atoms with van der Waals surface area (Å²) in [5.74, 6) is 0.0526. The van der Waals surface area contributed by atoms with Crippen molar-refractivity contribution in [2.75, 3.05) is 0 Å². The minimum atomic E-state index is -0.285. The van der Waals surface area contributed by atoms with Crippen LogP contribution < -0.4 is 0 Å². The quantitative estimate of drug-likeness (QED) is 0.622. The molecule has 62 valence electrons. The van der Waals surface area contributed by atoms with Crippen LogP contribution in [0, 0.1) is 5.82 Å². The molecule has 0 aliphatic carbocycles. The van der Waals surface area contributed by atoms with Gasteiger partial charge in [0.1, 0.15) is 11.5 Å². The average Bonchev–Trinajstić information content (AvgIpc) is 2.46. The lowest BCUT2D eigenvalue weighted by Crippen LogP contribution is -1.90. The lowest BCUT2D eigenvalue weighted by atomic mass is 10.4. The van der Waals surface area contributed by atoms with Crippen molar-refractivity contribution in [3.8, 4) is 0 Å². The summed E-state index contributed by atoms with van der Waals surface area (Å²) in [5, 5.41) is 0. The number of imidazole rings is 1. The smallest absolute Gasteiger partial charge is 0.139 e. The molecule has 0 N–H and O–H groups in total. The Morgan fingerprint density at radius 3 is 3.08 bits per heavy atom. The number of fused-ring (bicyclic) bond motifs is 1. The van der Waals surface area contributed by atoms with Gasteiger partial charge in [0.2, 0.25) is 0 Å². The maximum absolute atomic E-state index is 12.7. The molecule has 2 heterocycles. The van der Waals surface area contributed by atoms with Crippen molar-refractivity contribution in [3.63, 3.8) is 0 Å². The number of pyridine rings is 1. The fraction of sp³-hybridized carbons (Fsp3) is 0.125.